The summed E-state index contributed by atoms with van der Waals surface area (Å²) in [6.07, 6.45) is -1.01. The summed E-state index contributed by atoms with van der Waals surface area (Å²) in [5, 5.41) is 75.6. The van der Waals surface area contributed by atoms with Crippen LogP contribution in [0.1, 0.15) is 140 Å². The third-order valence-electron chi connectivity index (χ3n) is 17.0. The zero-order chi connectivity index (χ0) is 91.7. The van der Waals surface area contributed by atoms with E-state index in [-0.39, 0.29) is 131 Å². The molecule has 14 N–H and O–H groups in total. The van der Waals surface area contributed by atoms with E-state index in [1.165, 1.54) is 13.7 Å². The lowest BCUT2D eigenvalue weighted by molar-refractivity contribution is -0.390. The highest BCUT2D eigenvalue weighted by Crippen LogP contribution is 2.32. The summed E-state index contributed by atoms with van der Waals surface area (Å²) >= 11 is 0. The van der Waals surface area contributed by atoms with Gasteiger partial charge in [0.05, 0.1) is 50.0 Å². The zero-order valence-corrected chi connectivity index (χ0v) is 69.7. The Hall–Kier alpha value is -16.1. The van der Waals surface area contributed by atoms with Crippen LogP contribution in [0.25, 0.3) is 46.1 Å². The minimum absolute atomic E-state index is 0.0484. The highest BCUT2D eigenvalue weighted by molar-refractivity contribution is 5.99. The third kappa shape index (κ3) is 26.5. The normalized spacial score (nSPS) is 12.3. The van der Waals surface area contributed by atoms with Crippen LogP contribution in [0.15, 0.2) is 217 Å². The smallest absolute Gasteiger partial charge is 0.444 e. The fourth-order valence-electron chi connectivity index (χ4n) is 11.0. The van der Waals surface area contributed by atoms with Gasteiger partial charge in [-0.3, -0.25) is 43.4 Å². The minimum Gasteiger partial charge on any atom is -0.444 e. The summed E-state index contributed by atoms with van der Waals surface area (Å²) in [7, 11) is 0. The zero-order valence-electron chi connectivity index (χ0n) is 69.7. The number of hydroxylamine groups is 1. The monoisotopic (exact) mass is 1760 g/mol. The molecule has 0 spiro atoms. The number of nitrogens with one attached hydrogen (secondary N) is 5. The molecule has 14 aromatic rings. The van der Waals surface area contributed by atoms with Gasteiger partial charge in [0.1, 0.15) is 11.2 Å². The number of benzene rings is 5. The molecule has 127 heavy (non-hydrogen) atoms. The first kappa shape index (κ1) is 94.8. The van der Waals surface area contributed by atoms with Crippen molar-refractivity contribution in [2.45, 2.75) is 118 Å². The Morgan fingerprint density at radius 3 is 1.13 bits per heavy atom. The second-order valence-corrected chi connectivity index (χ2v) is 28.1. The number of nitro groups is 1. The Balaban J connectivity index is 0.000000176. The number of aromatic nitrogens is 18. The Bertz CT molecular complexity index is 6000. The number of nitrogens with two attached hydrogens (primary N) is 4. The molecule has 0 aliphatic rings. The number of anilines is 4. The average molecular weight is 1760 g/mol. The number of carbonyl (C=O) groups is 2. The Morgan fingerprint density at radius 1 is 0.457 bits per heavy atom. The maximum atomic E-state index is 12.3. The number of rotatable bonds is 28. The molecule has 0 saturated carbocycles. The van der Waals surface area contributed by atoms with Crippen molar-refractivity contribution in [1.29, 1.82) is 0 Å². The SMILES string of the molecule is CC(C)(C)OC(=O)NCCON.CC(N=C(NO)c1nonc1N)c1ccccc1.CC(c1ccccc1)n1c(-c2nonc2N)noc1=O.CC(c1ccccc1)n1c(-c2nonc2NOCCN)noc1=O.CC(c1ccccc1)n1c(-c2nonc2NOCCNC(=O)OC(C)(C)C)noc1=O.CC(c1ccccc1)n1c(-c2nonc2[N+](=O)[O-])noc1=O. The van der Waals surface area contributed by atoms with E-state index in [1.807, 2.05) is 185 Å². The van der Waals surface area contributed by atoms with Gasteiger partial charge in [-0.05, 0) is 155 Å². The van der Waals surface area contributed by atoms with Crippen molar-refractivity contribution in [2.75, 3.05) is 61.9 Å². The van der Waals surface area contributed by atoms with Gasteiger partial charge in [0, 0.05) is 19.6 Å². The number of ether oxygens (including phenoxy) is 2. The first-order valence-corrected chi connectivity index (χ1v) is 38.0. The summed E-state index contributed by atoms with van der Waals surface area (Å²) in [6, 6.07) is 45.4. The molecule has 0 bridgehead atoms. The number of hydrogen-bond donors (Lipinski definition) is 10. The molecule has 2 amide bonds. The van der Waals surface area contributed by atoms with Gasteiger partial charge in [0.25, 0.3) is 5.69 Å². The van der Waals surface area contributed by atoms with Crippen LogP contribution >= 0.6 is 0 Å². The summed E-state index contributed by atoms with van der Waals surface area (Å²) in [5.41, 5.74) is 27.5. The van der Waals surface area contributed by atoms with Crippen LogP contribution in [0.5, 0.6) is 0 Å². The number of carbonyl (C=O) groups excluding carboxylic acids is 2. The second kappa shape index (κ2) is 45.7. The minimum atomic E-state index is -0.775. The lowest BCUT2D eigenvalue weighted by Crippen LogP contribution is -2.34. The molecule has 0 aliphatic heterocycles. The van der Waals surface area contributed by atoms with E-state index in [4.69, 9.17) is 70.3 Å². The van der Waals surface area contributed by atoms with Crippen LogP contribution in [0.3, 0.4) is 0 Å². The molecule has 5 unspecified atom stereocenters. The standard InChI is InChI=1S/C19H24N6O6.C14H16N6O4.C12H9N5O5.C12H11N5O3.C11H13N5O2.C7H16N2O3/c1-12(13-8-6-5-7-9-13)25-16(24-30-18(25)27)14-15(23-31-21-14)22-28-11-10-20-17(26)29-19(2,3)4;1-9(10-5-3-2-4-6-10)20-13(19-23-14(20)21)11-12(18-24-16-11)17-22-8-7-15;1-7(8-5-3-2-4-6-8)16-10(14-21-12(16)18)9-11(17(19)20)15-22-13-9;1-7(8-5-3-2-4-6-8)17-11(16-19-12(17)18)9-10(13)15-20-14-9;1-7(8-5-3-2-4-6-8)13-11(14-17)9-10(12)16-18-15-9;1-7(2,3)12-6(10)9-4-5-11-8/h5-9,12H,10-11H2,1-4H3,(H,20,26)(H,22,23);2-6,9H,7-8,15H2,1H3,(H,17,18);2-7H,1H3;2-7H,1H3,(H2,13,15);2-7,17H,1H3,(H2,12,16)(H,13,14);4-5,8H2,1-3H3,(H,9,10). The maximum absolute atomic E-state index is 12.3. The topological polar surface area (TPSA) is 707 Å². The van der Waals surface area contributed by atoms with E-state index in [0.717, 1.165) is 32.4 Å². The van der Waals surface area contributed by atoms with Crippen LogP contribution in [0.4, 0.5) is 38.7 Å². The van der Waals surface area contributed by atoms with Crippen molar-refractivity contribution in [3.05, 3.63) is 237 Å². The first-order valence-electron chi connectivity index (χ1n) is 38.0. The van der Waals surface area contributed by atoms with Gasteiger partial charge in [-0.15, -0.1) is 4.63 Å². The van der Waals surface area contributed by atoms with E-state index in [9.17, 15) is 38.9 Å². The van der Waals surface area contributed by atoms with Crippen molar-refractivity contribution in [1.82, 2.24) is 107 Å². The summed E-state index contributed by atoms with van der Waals surface area (Å²) in [6.45, 7) is 21.3. The quantitative estimate of drug-likeness (QED) is 0.00762. The van der Waals surface area contributed by atoms with Gasteiger partial charge in [-0.1, -0.05) is 172 Å². The van der Waals surface area contributed by atoms with Gasteiger partial charge in [-0.2, -0.15) is 0 Å². The Morgan fingerprint density at radius 2 is 0.787 bits per heavy atom. The number of amides is 2. The third-order valence-corrected chi connectivity index (χ3v) is 17.0. The Kier molecular flexibility index (Phi) is 34.1. The van der Waals surface area contributed by atoms with Crippen molar-refractivity contribution in [3.8, 4) is 46.1 Å². The molecular weight excluding hydrogens is 1680 g/mol. The molecule has 52 heteroatoms. The van der Waals surface area contributed by atoms with E-state index in [2.05, 4.69) is 122 Å². The highest BCUT2D eigenvalue weighted by atomic mass is 16.7. The molecule has 52 nitrogen and oxygen atoms in total. The lowest BCUT2D eigenvalue weighted by Gasteiger charge is -2.19. The predicted molar refractivity (Wildman–Crippen MR) is 440 cm³/mol. The van der Waals surface area contributed by atoms with Gasteiger partial charge in [0.15, 0.2) is 45.4 Å². The number of amidine groups is 1. The van der Waals surface area contributed by atoms with E-state index in [0.29, 0.717) is 13.1 Å². The van der Waals surface area contributed by atoms with E-state index in [1.54, 1.807) is 48.5 Å². The van der Waals surface area contributed by atoms with Crippen LogP contribution in [0.2, 0.25) is 0 Å². The summed E-state index contributed by atoms with van der Waals surface area (Å²) < 4.78 is 57.1. The molecule has 9 heterocycles. The molecule has 672 valence electrons. The van der Waals surface area contributed by atoms with Crippen LogP contribution in [-0.2, 0) is 24.0 Å². The fourth-order valence-corrected chi connectivity index (χ4v) is 11.0. The fraction of sp³-hybridized carbons (Fsp3) is 0.320. The van der Waals surface area contributed by atoms with Crippen molar-refractivity contribution < 1.29 is 84.9 Å². The van der Waals surface area contributed by atoms with Gasteiger partial charge in [-0.25, -0.2) is 82.4 Å². The van der Waals surface area contributed by atoms with Gasteiger partial charge in [0.2, 0.25) is 34.9 Å². The van der Waals surface area contributed by atoms with Crippen molar-refractivity contribution >= 4 is 47.1 Å². The lowest BCUT2D eigenvalue weighted by atomic mass is 10.1. The molecule has 5 atom stereocenters. The maximum Gasteiger partial charge on any atom is 0.446 e. The summed E-state index contributed by atoms with van der Waals surface area (Å²) in [5.74, 6) is 2.36. The highest BCUT2D eigenvalue weighted by Gasteiger charge is 2.33. The van der Waals surface area contributed by atoms with Crippen LogP contribution < -0.4 is 73.2 Å². The number of nitrogen functional groups attached to an aromatic ring is 2. The molecular formula is C75H89N29O23. The average Bonchev–Trinajstić information content (AvgIpc) is 1.66. The van der Waals surface area contributed by atoms with E-state index < -0.39 is 63.2 Å². The number of aliphatic imine (C=N–C) groups is 1. The van der Waals surface area contributed by atoms with Gasteiger partial charge >= 0.3 is 41.0 Å². The molecule has 0 saturated heterocycles. The largest absolute Gasteiger partial charge is 0.446 e. The van der Waals surface area contributed by atoms with Crippen LogP contribution in [0, 0.1) is 10.1 Å². The number of hydrogen-bond acceptors (Lipinski definition) is 44. The molecule has 14 rings (SSSR count). The molecule has 0 aliphatic carbocycles. The second-order valence-electron chi connectivity index (χ2n) is 28.1. The number of alkyl carbamates (subject to hydrolysis) is 2. The van der Waals surface area contributed by atoms with Crippen molar-refractivity contribution in [2.24, 2.45) is 16.6 Å². The van der Waals surface area contributed by atoms with Crippen molar-refractivity contribution in [3.63, 3.8) is 0 Å². The molecule has 0 radical (unpaired) electrons. The molecule has 9 aromatic heterocycles. The first-order chi connectivity index (χ1) is 60.9. The predicted octanol–water partition coefficient (Wildman–Crippen LogP) is 7.18. The summed E-state index contributed by atoms with van der Waals surface area (Å²) in [4.78, 5) is 99.7. The number of nitrogens with zero attached hydrogens (tertiary/aromatic N) is 20. The van der Waals surface area contributed by atoms with Gasteiger partial charge < -0.3 is 52.3 Å². The van der Waals surface area contributed by atoms with E-state index >= 15 is 0 Å². The Labute approximate surface area is 715 Å². The molecule has 5 aromatic carbocycles. The molecule has 0 fully saturated rings. The van der Waals surface area contributed by atoms with Crippen LogP contribution in [-0.4, -0.2) is 169 Å².